The van der Waals surface area contributed by atoms with Crippen LogP contribution in [0.4, 0.5) is 21.6 Å². The lowest BCUT2D eigenvalue weighted by Crippen LogP contribution is -2.15. The Morgan fingerprint density at radius 1 is 1.38 bits per heavy atom. The maximum absolute atomic E-state index is 13.1. The molecule has 2 N–H and O–H groups in total. The first-order valence-corrected chi connectivity index (χ1v) is 5.90. The smallest absolute Gasteiger partial charge is 0.300 e. The van der Waals surface area contributed by atoms with Crippen LogP contribution in [0.2, 0.25) is 0 Å². The van der Waals surface area contributed by atoms with Crippen molar-refractivity contribution >= 4 is 23.1 Å². The van der Waals surface area contributed by atoms with Gasteiger partial charge in [0.05, 0.1) is 4.92 Å². The number of pyridine rings is 1. The maximum Gasteiger partial charge on any atom is 0.300 e. The number of halogens is 1. The summed E-state index contributed by atoms with van der Waals surface area (Å²) < 4.78 is 13.1. The number of carbonyl (C=O) groups is 1. The van der Waals surface area contributed by atoms with Crippen molar-refractivity contribution in [2.24, 2.45) is 0 Å². The molecule has 0 saturated heterocycles. The number of aromatic nitrogens is 1. The number of carbonyl (C=O) groups excluding carboxylic acids is 1. The Kier molecular flexibility index (Phi) is 4.07. The van der Waals surface area contributed by atoms with E-state index in [4.69, 9.17) is 0 Å². The molecule has 0 aliphatic carbocycles. The van der Waals surface area contributed by atoms with Gasteiger partial charge in [0.2, 0.25) is 0 Å². The van der Waals surface area contributed by atoms with Gasteiger partial charge in [-0.15, -0.1) is 0 Å². The fraction of sp³-hybridized carbons (Fsp3) is 0.0769. The highest BCUT2D eigenvalue weighted by atomic mass is 19.1. The van der Waals surface area contributed by atoms with Crippen molar-refractivity contribution in [2.75, 3.05) is 17.7 Å². The topological polar surface area (TPSA) is 97.2 Å². The van der Waals surface area contributed by atoms with E-state index < -0.39 is 22.3 Å². The first kappa shape index (κ1) is 14.4. The highest BCUT2D eigenvalue weighted by Gasteiger charge is 2.21. The van der Waals surface area contributed by atoms with E-state index in [0.29, 0.717) is 5.82 Å². The fourth-order valence-corrected chi connectivity index (χ4v) is 1.68. The second-order valence-corrected chi connectivity index (χ2v) is 4.06. The van der Waals surface area contributed by atoms with Gasteiger partial charge in [0, 0.05) is 18.8 Å². The number of hydrogen-bond donors (Lipinski definition) is 2. The van der Waals surface area contributed by atoms with Crippen molar-refractivity contribution in [1.29, 1.82) is 0 Å². The zero-order valence-electron chi connectivity index (χ0n) is 11.0. The Balaban J connectivity index is 2.35. The zero-order valence-corrected chi connectivity index (χ0v) is 11.0. The number of nitrogens with one attached hydrogen (secondary N) is 2. The lowest BCUT2D eigenvalue weighted by atomic mass is 10.2. The van der Waals surface area contributed by atoms with Gasteiger partial charge in [0.25, 0.3) is 11.6 Å². The summed E-state index contributed by atoms with van der Waals surface area (Å²) in [7, 11) is 1.57. The van der Waals surface area contributed by atoms with Crippen molar-refractivity contribution in [2.45, 2.75) is 0 Å². The number of hydrogen-bond acceptors (Lipinski definition) is 5. The van der Waals surface area contributed by atoms with Crippen LogP contribution in [0, 0.1) is 15.9 Å². The van der Waals surface area contributed by atoms with Crippen LogP contribution in [-0.4, -0.2) is 22.9 Å². The molecule has 7 nitrogen and oxygen atoms in total. The van der Waals surface area contributed by atoms with E-state index in [-0.39, 0.29) is 11.3 Å². The summed E-state index contributed by atoms with van der Waals surface area (Å²) in [5, 5.41) is 16.0. The largest absolute Gasteiger partial charge is 0.373 e. The number of benzene rings is 1. The van der Waals surface area contributed by atoms with E-state index in [2.05, 4.69) is 15.6 Å². The van der Waals surface area contributed by atoms with Gasteiger partial charge in [-0.1, -0.05) is 6.07 Å². The summed E-state index contributed by atoms with van der Waals surface area (Å²) >= 11 is 0. The second-order valence-electron chi connectivity index (χ2n) is 4.06. The predicted octanol–water partition coefficient (Wildman–Crippen LogP) is 2.42. The Morgan fingerprint density at radius 3 is 2.76 bits per heavy atom. The minimum absolute atomic E-state index is 0.163. The van der Waals surface area contributed by atoms with Crippen LogP contribution in [-0.2, 0) is 0 Å². The summed E-state index contributed by atoms with van der Waals surface area (Å²) in [5.41, 5.74) is -0.386. The number of anilines is 2. The lowest BCUT2D eigenvalue weighted by Gasteiger charge is -2.07. The number of amides is 1. The van der Waals surface area contributed by atoms with Crippen LogP contribution in [0.15, 0.2) is 36.5 Å². The van der Waals surface area contributed by atoms with Crippen molar-refractivity contribution in [1.82, 2.24) is 4.98 Å². The Labute approximate surface area is 119 Å². The average Bonchev–Trinajstić information content (AvgIpc) is 2.46. The maximum atomic E-state index is 13.1. The molecular weight excluding hydrogens is 279 g/mol. The monoisotopic (exact) mass is 290 g/mol. The third-order valence-electron chi connectivity index (χ3n) is 2.66. The van der Waals surface area contributed by atoms with Gasteiger partial charge in [0.1, 0.15) is 23.4 Å². The Morgan fingerprint density at radius 2 is 2.14 bits per heavy atom. The first-order valence-electron chi connectivity index (χ1n) is 5.90. The standard InChI is InChI=1S/C13H11FN4O3/c1-15-12-6-10(11(7-16-12)18(20)21)13(19)17-9-4-2-3-8(14)5-9/h2-7H,1H3,(H,15,16)(H,17,19). The summed E-state index contributed by atoms with van der Waals surface area (Å²) in [5.74, 6) is -0.927. The highest BCUT2D eigenvalue weighted by molar-refractivity contribution is 6.07. The zero-order chi connectivity index (χ0) is 15.4. The van der Waals surface area contributed by atoms with Crippen molar-refractivity contribution < 1.29 is 14.1 Å². The molecular formula is C13H11FN4O3. The molecule has 0 fully saturated rings. The third kappa shape index (κ3) is 3.30. The first-order chi connectivity index (χ1) is 10.0. The molecule has 0 radical (unpaired) electrons. The van der Waals surface area contributed by atoms with E-state index >= 15 is 0 Å². The number of nitrogens with zero attached hydrogens (tertiary/aromatic N) is 2. The number of nitro groups is 1. The van der Waals surface area contributed by atoms with Gasteiger partial charge < -0.3 is 10.6 Å². The molecule has 0 spiro atoms. The molecule has 1 amide bonds. The summed E-state index contributed by atoms with van der Waals surface area (Å²) in [4.78, 5) is 26.2. The van der Waals surface area contributed by atoms with Crippen molar-refractivity contribution in [3.05, 3.63) is 58.0 Å². The van der Waals surface area contributed by atoms with Crippen LogP contribution in [0.5, 0.6) is 0 Å². The molecule has 21 heavy (non-hydrogen) atoms. The average molecular weight is 290 g/mol. The van der Waals surface area contributed by atoms with Crippen molar-refractivity contribution in [3.63, 3.8) is 0 Å². The molecule has 0 bridgehead atoms. The van der Waals surface area contributed by atoms with Crippen LogP contribution in [0.1, 0.15) is 10.4 Å². The Bertz CT molecular complexity index is 706. The molecule has 1 aromatic carbocycles. The van der Waals surface area contributed by atoms with Crippen LogP contribution >= 0.6 is 0 Å². The minimum Gasteiger partial charge on any atom is -0.373 e. The lowest BCUT2D eigenvalue weighted by molar-refractivity contribution is -0.385. The van der Waals surface area contributed by atoms with Gasteiger partial charge in [0.15, 0.2) is 0 Å². The molecule has 108 valence electrons. The molecule has 1 aromatic heterocycles. The fourth-order valence-electron chi connectivity index (χ4n) is 1.68. The van der Waals surface area contributed by atoms with Gasteiger partial charge in [-0.05, 0) is 18.2 Å². The van der Waals surface area contributed by atoms with Gasteiger partial charge >= 0.3 is 0 Å². The molecule has 0 aliphatic heterocycles. The van der Waals surface area contributed by atoms with Gasteiger partial charge in [-0.2, -0.15) is 0 Å². The quantitative estimate of drug-likeness (QED) is 0.665. The summed E-state index contributed by atoms with van der Waals surface area (Å²) in [6.07, 6.45) is 0.992. The van der Waals surface area contributed by atoms with Crippen LogP contribution < -0.4 is 10.6 Å². The highest BCUT2D eigenvalue weighted by Crippen LogP contribution is 2.21. The SMILES string of the molecule is CNc1cc(C(=O)Nc2cccc(F)c2)c([N+](=O)[O-])cn1. The number of rotatable bonds is 4. The third-order valence-corrected chi connectivity index (χ3v) is 2.66. The molecule has 8 heteroatoms. The minimum atomic E-state index is -0.716. The van der Waals surface area contributed by atoms with Crippen LogP contribution in [0.25, 0.3) is 0 Å². The molecule has 1 heterocycles. The van der Waals surface area contributed by atoms with Crippen LogP contribution in [0.3, 0.4) is 0 Å². The van der Waals surface area contributed by atoms with E-state index in [1.165, 1.54) is 24.3 Å². The molecule has 2 rings (SSSR count). The van der Waals surface area contributed by atoms with Gasteiger partial charge in [-0.25, -0.2) is 9.37 Å². The molecule has 0 unspecified atom stereocenters. The summed E-state index contributed by atoms with van der Waals surface area (Å²) in [6, 6.07) is 6.50. The molecule has 0 aliphatic rings. The predicted molar refractivity (Wildman–Crippen MR) is 74.8 cm³/mol. The van der Waals surface area contributed by atoms with E-state index in [9.17, 15) is 19.3 Å². The molecule has 2 aromatic rings. The normalized spacial score (nSPS) is 10.0. The Hall–Kier alpha value is -3.03. The van der Waals surface area contributed by atoms with E-state index in [1.54, 1.807) is 7.05 Å². The van der Waals surface area contributed by atoms with E-state index in [1.807, 2.05) is 0 Å². The van der Waals surface area contributed by atoms with Gasteiger partial charge in [-0.3, -0.25) is 14.9 Å². The van der Waals surface area contributed by atoms with Crippen molar-refractivity contribution in [3.8, 4) is 0 Å². The second kappa shape index (κ2) is 5.95. The van der Waals surface area contributed by atoms with E-state index in [0.717, 1.165) is 12.3 Å². The summed E-state index contributed by atoms with van der Waals surface area (Å²) in [6.45, 7) is 0. The molecule has 0 atom stereocenters. The molecule has 0 saturated carbocycles.